The molecule has 1 rings (SSSR count). The van der Waals surface area contributed by atoms with Crippen LogP contribution in [0.25, 0.3) is 0 Å². The zero-order chi connectivity index (χ0) is 14.5. The van der Waals surface area contributed by atoms with E-state index >= 15 is 0 Å². The van der Waals surface area contributed by atoms with Crippen molar-refractivity contribution in [1.29, 1.82) is 0 Å². The normalized spacial score (nSPS) is 15.7. The second-order valence-corrected chi connectivity index (χ2v) is 4.71. The van der Waals surface area contributed by atoms with E-state index in [1.54, 1.807) is 21.3 Å². The molecule has 0 fully saturated rings. The van der Waals surface area contributed by atoms with Crippen LogP contribution >= 0.6 is 0 Å². The molecule has 4 nitrogen and oxygen atoms in total. The molecule has 1 aromatic carbocycles. The summed E-state index contributed by atoms with van der Waals surface area (Å²) >= 11 is 0. The highest BCUT2D eigenvalue weighted by Gasteiger charge is 2.33. The van der Waals surface area contributed by atoms with Gasteiger partial charge in [-0.15, -0.1) is 0 Å². The van der Waals surface area contributed by atoms with Gasteiger partial charge in [-0.1, -0.05) is 13.0 Å². The van der Waals surface area contributed by atoms with Crippen molar-refractivity contribution in [3.8, 4) is 11.5 Å². The molecule has 0 radical (unpaired) electrons. The molecule has 0 heterocycles. The van der Waals surface area contributed by atoms with Gasteiger partial charge in [-0.2, -0.15) is 0 Å². The standard InChI is InChI=1S/C15H25NO3/c1-7-15(2,19-6)14(16-3)11-8-9-12(17-4)13(10-11)18-5/h8-10,14,16H,7H2,1-6H3. The minimum Gasteiger partial charge on any atom is -0.493 e. The van der Waals surface area contributed by atoms with Crippen LogP contribution in [0.2, 0.25) is 0 Å². The fraction of sp³-hybridized carbons (Fsp3) is 0.600. The van der Waals surface area contributed by atoms with Gasteiger partial charge in [-0.3, -0.25) is 0 Å². The highest BCUT2D eigenvalue weighted by molar-refractivity contribution is 5.44. The smallest absolute Gasteiger partial charge is 0.161 e. The van der Waals surface area contributed by atoms with Crippen molar-refractivity contribution in [2.24, 2.45) is 0 Å². The Hall–Kier alpha value is -1.26. The van der Waals surface area contributed by atoms with Crippen molar-refractivity contribution >= 4 is 0 Å². The quantitative estimate of drug-likeness (QED) is 0.824. The molecule has 1 N–H and O–H groups in total. The summed E-state index contributed by atoms with van der Waals surface area (Å²) < 4.78 is 16.3. The number of ether oxygens (including phenoxy) is 3. The number of likely N-dealkylation sites (N-methyl/N-ethyl adjacent to an activating group) is 1. The van der Waals surface area contributed by atoms with Crippen molar-refractivity contribution in [2.75, 3.05) is 28.4 Å². The van der Waals surface area contributed by atoms with Crippen LogP contribution in [0.4, 0.5) is 0 Å². The van der Waals surface area contributed by atoms with E-state index in [1.165, 1.54) is 0 Å². The third-order valence-electron chi connectivity index (χ3n) is 3.81. The topological polar surface area (TPSA) is 39.7 Å². The van der Waals surface area contributed by atoms with E-state index in [0.717, 1.165) is 23.5 Å². The van der Waals surface area contributed by atoms with E-state index < -0.39 is 0 Å². The van der Waals surface area contributed by atoms with E-state index in [1.807, 2.05) is 25.2 Å². The number of benzene rings is 1. The summed E-state index contributed by atoms with van der Waals surface area (Å²) in [6.45, 7) is 4.22. The lowest BCUT2D eigenvalue weighted by molar-refractivity contribution is -0.0280. The zero-order valence-electron chi connectivity index (χ0n) is 12.7. The molecule has 4 heteroatoms. The molecule has 0 aliphatic rings. The van der Waals surface area contributed by atoms with E-state index in [0.29, 0.717) is 0 Å². The summed E-state index contributed by atoms with van der Waals surface area (Å²) in [5.41, 5.74) is 0.847. The molecule has 0 aromatic heterocycles. The van der Waals surface area contributed by atoms with Gasteiger partial charge in [0.1, 0.15) is 0 Å². The molecule has 0 amide bonds. The minimum atomic E-state index is -0.269. The molecule has 108 valence electrons. The summed E-state index contributed by atoms with van der Waals surface area (Å²) in [5, 5.41) is 3.33. The number of hydrogen-bond acceptors (Lipinski definition) is 4. The minimum absolute atomic E-state index is 0.0855. The average molecular weight is 267 g/mol. The van der Waals surface area contributed by atoms with Crippen molar-refractivity contribution in [3.63, 3.8) is 0 Å². The van der Waals surface area contributed by atoms with Gasteiger partial charge in [0.05, 0.1) is 25.9 Å². The molecule has 0 spiro atoms. The zero-order valence-corrected chi connectivity index (χ0v) is 12.7. The summed E-state index contributed by atoms with van der Waals surface area (Å²) in [7, 11) is 6.96. The first-order chi connectivity index (χ1) is 9.06. The highest BCUT2D eigenvalue weighted by atomic mass is 16.5. The fourth-order valence-electron chi connectivity index (χ4n) is 2.32. The number of nitrogens with one attached hydrogen (secondary N) is 1. The van der Waals surface area contributed by atoms with E-state index in [4.69, 9.17) is 14.2 Å². The Bertz CT molecular complexity index is 402. The van der Waals surface area contributed by atoms with Crippen LogP contribution in [0.3, 0.4) is 0 Å². The lowest BCUT2D eigenvalue weighted by Gasteiger charge is -2.36. The summed E-state index contributed by atoms with van der Waals surface area (Å²) in [5.74, 6) is 1.46. The molecule has 0 saturated carbocycles. The van der Waals surface area contributed by atoms with Gasteiger partial charge in [0.25, 0.3) is 0 Å². The highest BCUT2D eigenvalue weighted by Crippen LogP contribution is 2.36. The van der Waals surface area contributed by atoms with E-state index in [9.17, 15) is 0 Å². The predicted octanol–water partition coefficient (Wildman–Crippen LogP) is 2.78. The lowest BCUT2D eigenvalue weighted by atomic mass is 9.87. The summed E-state index contributed by atoms with van der Waals surface area (Å²) in [4.78, 5) is 0. The van der Waals surface area contributed by atoms with Crippen molar-refractivity contribution in [2.45, 2.75) is 31.9 Å². The maximum Gasteiger partial charge on any atom is 0.161 e. The maximum atomic E-state index is 5.69. The largest absolute Gasteiger partial charge is 0.493 e. The molecule has 19 heavy (non-hydrogen) atoms. The molecule has 0 aliphatic carbocycles. The molecule has 0 bridgehead atoms. The molecule has 0 saturated heterocycles. The first-order valence-corrected chi connectivity index (χ1v) is 6.50. The SMILES string of the molecule is CCC(C)(OC)C(NC)c1ccc(OC)c(OC)c1. The summed E-state index contributed by atoms with van der Waals surface area (Å²) in [6, 6.07) is 6.04. The van der Waals surface area contributed by atoms with E-state index in [2.05, 4.69) is 19.2 Å². The van der Waals surface area contributed by atoms with Gasteiger partial charge in [0, 0.05) is 7.11 Å². The van der Waals surface area contributed by atoms with Crippen LogP contribution in [-0.4, -0.2) is 34.0 Å². The Labute approximate surface area is 116 Å². The van der Waals surface area contributed by atoms with Crippen LogP contribution in [-0.2, 0) is 4.74 Å². The fourth-order valence-corrected chi connectivity index (χ4v) is 2.32. The second-order valence-electron chi connectivity index (χ2n) is 4.71. The van der Waals surface area contributed by atoms with Crippen LogP contribution in [0, 0.1) is 0 Å². The average Bonchev–Trinajstić information content (AvgIpc) is 2.47. The first-order valence-electron chi connectivity index (χ1n) is 6.50. The van der Waals surface area contributed by atoms with Crippen LogP contribution < -0.4 is 14.8 Å². The number of methoxy groups -OCH3 is 3. The lowest BCUT2D eigenvalue weighted by Crippen LogP contribution is -2.41. The number of rotatable bonds is 7. The molecule has 1 aromatic rings. The van der Waals surface area contributed by atoms with Crippen LogP contribution in [0.15, 0.2) is 18.2 Å². The van der Waals surface area contributed by atoms with Crippen molar-refractivity contribution < 1.29 is 14.2 Å². The number of hydrogen-bond donors (Lipinski definition) is 1. The molecule has 2 atom stereocenters. The van der Waals surface area contributed by atoms with Gasteiger partial charge in [-0.05, 0) is 38.1 Å². The Morgan fingerprint density at radius 2 is 1.79 bits per heavy atom. The Balaban J connectivity index is 3.19. The monoisotopic (exact) mass is 267 g/mol. The van der Waals surface area contributed by atoms with Gasteiger partial charge in [0.2, 0.25) is 0 Å². The molecular weight excluding hydrogens is 242 g/mol. The van der Waals surface area contributed by atoms with Crippen LogP contribution in [0.5, 0.6) is 11.5 Å². The summed E-state index contributed by atoms with van der Waals surface area (Å²) in [6.07, 6.45) is 0.906. The van der Waals surface area contributed by atoms with Crippen LogP contribution in [0.1, 0.15) is 31.9 Å². The van der Waals surface area contributed by atoms with Gasteiger partial charge >= 0.3 is 0 Å². The molecule has 2 unspecified atom stereocenters. The molecular formula is C15H25NO3. The Morgan fingerprint density at radius 3 is 2.21 bits per heavy atom. The van der Waals surface area contributed by atoms with Gasteiger partial charge in [0.15, 0.2) is 11.5 Å². The van der Waals surface area contributed by atoms with E-state index in [-0.39, 0.29) is 11.6 Å². The van der Waals surface area contributed by atoms with Crippen molar-refractivity contribution in [3.05, 3.63) is 23.8 Å². The van der Waals surface area contributed by atoms with Gasteiger partial charge in [-0.25, -0.2) is 0 Å². The van der Waals surface area contributed by atoms with Gasteiger partial charge < -0.3 is 19.5 Å². The maximum absolute atomic E-state index is 5.69. The predicted molar refractivity (Wildman–Crippen MR) is 77.1 cm³/mol. The Kier molecular flexibility index (Phi) is 5.63. The Morgan fingerprint density at radius 1 is 1.16 bits per heavy atom. The third kappa shape index (κ3) is 3.19. The first kappa shape index (κ1) is 15.8. The third-order valence-corrected chi connectivity index (χ3v) is 3.81. The second kappa shape index (κ2) is 6.78. The molecule has 0 aliphatic heterocycles. The van der Waals surface area contributed by atoms with Crippen molar-refractivity contribution in [1.82, 2.24) is 5.32 Å².